The molecule has 1 unspecified atom stereocenters. The summed E-state index contributed by atoms with van der Waals surface area (Å²) in [6.45, 7) is 0. The molecule has 0 amide bonds. The average Bonchev–Trinajstić information content (AvgIpc) is 4.34. The molecule has 4 aromatic heterocycles. The van der Waals surface area contributed by atoms with Gasteiger partial charge in [0.1, 0.15) is 11.2 Å². The van der Waals surface area contributed by atoms with Crippen molar-refractivity contribution in [1.29, 1.82) is 0 Å². The van der Waals surface area contributed by atoms with Crippen molar-refractivity contribution in [3.05, 3.63) is 271 Å². The number of allylic oxidation sites excluding steroid dienone is 4. The topological polar surface area (TPSA) is 61.7 Å². The molecule has 0 saturated heterocycles. The van der Waals surface area contributed by atoms with Crippen LogP contribution < -0.4 is 0 Å². The monoisotopic (exact) mass is 971 g/mol. The van der Waals surface area contributed by atoms with Crippen molar-refractivity contribution in [2.75, 3.05) is 0 Å². The highest BCUT2D eigenvalue weighted by Gasteiger charge is 2.47. The Morgan fingerprint density at radius 2 is 1.01 bits per heavy atom. The highest BCUT2D eigenvalue weighted by molar-refractivity contribution is 6.20. The SMILES string of the molecule is C1=CCCC(C2(c3ccccc3)c3ccccc3-c3ccc(-c4nc(-c5ccccc5)nc(-c5cc(-n6c7ccccc7c7cc8c9ccccc9n(-c9ccccc9)c8cc76)c6c(c5)oc5ccccc56)n4)cc32)=C1. The highest BCUT2D eigenvalue weighted by Crippen LogP contribution is 2.58. The molecule has 0 spiro atoms. The summed E-state index contributed by atoms with van der Waals surface area (Å²) < 4.78 is 11.7. The molecule has 0 radical (unpaired) electrons. The molecular weight excluding hydrogens is 927 g/mol. The minimum atomic E-state index is -0.503. The van der Waals surface area contributed by atoms with Crippen molar-refractivity contribution < 1.29 is 4.42 Å². The first-order valence-electron chi connectivity index (χ1n) is 26.1. The van der Waals surface area contributed by atoms with E-state index in [2.05, 4.69) is 234 Å². The number of furan rings is 1. The molecule has 2 aliphatic rings. The molecule has 356 valence electrons. The fraction of sp³-hybridized carbons (Fsp3) is 0.0429. The van der Waals surface area contributed by atoms with Crippen LogP contribution in [0.25, 0.3) is 122 Å². The van der Waals surface area contributed by atoms with E-state index in [1.54, 1.807) is 0 Å². The van der Waals surface area contributed by atoms with Crippen LogP contribution >= 0.6 is 0 Å². The molecule has 4 heterocycles. The van der Waals surface area contributed by atoms with Crippen LogP contribution in [0.5, 0.6) is 0 Å². The lowest BCUT2D eigenvalue weighted by molar-refractivity contribution is 0.669. The largest absolute Gasteiger partial charge is 0.456 e. The average molecular weight is 972 g/mol. The molecule has 0 aliphatic heterocycles. The summed E-state index contributed by atoms with van der Waals surface area (Å²) in [6, 6.07) is 82.8. The fourth-order valence-electron chi connectivity index (χ4n) is 12.9. The second-order valence-corrected chi connectivity index (χ2v) is 20.1. The number of aromatic nitrogens is 5. The molecular formula is C70H45N5O. The van der Waals surface area contributed by atoms with Crippen LogP contribution in [0, 0.1) is 0 Å². The lowest BCUT2D eigenvalue weighted by Crippen LogP contribution is -2.30. The molecule has 6 nitrogen and oxygen atoms in total. The first-order valence-corrected chi connectivity index (χ1v) is 26.1. The Bertz CT molecular complexity index is 4750. The van der Waals surface area contributed by atoms with E-state index in [0.717, 1.165) is 79.4 Å². The van der Waals surface area contributed by atoms with Crippen molar-refractivity contribution in [3.63, 3.8) is 0 Å². The van der Waals surface area contributed by atoms with E-state index in [1.165, 1.54) is 60.5 Å². The van der Waals surface area contributed by atoms with Gasteiger partial charge in [0.05, 0.1) is 38.6 Å². The summed E-state index contributed by atoms with van der Waals surface area (Å²) in [7, 11) is 0. The van der Waals surface area contributed by atoms with Gasteiger partial charge in [-0.25, -0.2) is 15.0 Å². The van der Waals surface area contributed by atoms with Gasteiger partial charge in [0.2, 0.25) is 0 Å². The van der Waals surface area contributed by atoms with Gasteiger partial charge in [-0.15, -0.1) is 0 Å². The molecule has 0 fully saturated rings. The van der Waals surface area contributed by atoms with Gasteiger partial charge in [0.15, 0.2) is 17.5 Å². The standard InChI is InChI=1S/C70H45N5O/c1-5-21-44(22-6-1)67-71-68(45-37-38-51-50-29-13-17-33-57(50)70(58(51)39-45,47-23-7-2-8-24-47)48-25-9-3-10-26-48)73-69(72-67)46-40-63(66-54-32-16-20-36-64(54)76-65(66)41-46)75-60-35-19-15-31-53(60)56-42-55-52-30-14-18-34-59(52)74(61(55)43-62(56)75)49-27-11-4-12-28-49/h1-9,11-25,27-43H,10,26H2. The minimum Gasteiger partial charge on any atom is -0.456 e. The number of fused-ring (bicyclic) bond motifs is 12. The van der Waals surface area contributed by atoms with Gasteiger partial charge < -0.3 is 13.6 Å². The molecule has 2 aliphatic carbocycles. The molecule has 0 N–H and O–H groups in total. The quantitative estimate of drug-likeness (QED) is 0.160. The van der Waals surface area contributed by atoms with Crippen LogP contribution in [0.3, 0.4) is 0 Å². The van der Waals surface area contributed by atoms with Crippen molar-refractivity contribution in [3.8, 4) is 56.7 Å². The molecule has 14 aromatic rings. The van der Waals surface area contributed by atoms with E-state index in [-0.39, 0.29) is 0 Å². The van der Waals surface area contributed by atoms with Gasteiger partial charge >= 0.3 is 0 Å². The zero-order chi connectivity index (χ0) is 49.9. The number of hydrogen-bond acceptors (Lipinski definition) is 4. The maximum absolute atomic E-state index is 6.90. The van der Waals surface area contributed by atoms with Crippen LogP contribution in [0.2, 0.25) is 0 Å². The third kappa shape index (κ3) is 6.18. The van der Waals surface area contributed by atoms with Gasteiger partial charge in [0.25, 0.3) is 0 Å². The third-order valence-electron chi connectivity index (χ3n) is 16.1. The summed E-state index contributed by atoms with van der Waals surface area (Å²) in [5.41, 5.74) is 17.9. The minimum absolute atomic E-state index is 0.503. The number of hydrogen-bond donors (Lipinski definition) is 0. The van der Waals surface area contributed by atoms with Gasteiger partial charge in [-0.05, 0) is 101 Å². The lowest BCUT2D eigenvalue weighted by atomic mass is 9.65. The zero-order valence-corrected chi connectivity index (χ0v) is 41.2. The molecule has 0 bridgehead atoms. The first kappa shape index (κ1) is 42.6. The Morgan fingerprint density at radius 3 is 1.76 bits per heavy atom. The van der Waals surface area contributed by atoms with Gasteiger partial charge in [-0.2, -0.15) is 0 Å². The Kier molecular flexibility index (Phi) is 9.27. The summed E-state index contributed by atoms with van der Waals surface area (Å²) in [5.74, 6) is 1.75. The van der Waals surface area contributed by atoms with E-state index in [9.17, 15) is 0 Å². The maximum Gasteiger partial charge on any atom is 0.164 e. The van der Waals surface area contributed by atoms with Crippen LogP contribution in [-0.4, -0.2) is 24.1 Å². The molecule has 6 heteroatoms. The van der Waals surface area contributed by atoms with Crippen LogP contribution in [-0.2, 0) is 5.41 Å². The number of para-hydroxylation sites is 4. The predicted octanol–water partition coefficient (Wildman–Crippen LogP) is 17.6. The molecule has 0 saturated carbocycles. The predicted molar refractivity (Wildman–Crippen MR) is 310 cm³/mol. The number of rotatable bonds is 7. The van der Waals surface area contributed by atoms with E-state index < -0.39 is 5.41 Å². The molecule has 1 atom stereocenters. The third-order valence-corrected chi connectivity index (χ3v) is 16.1. The normalized spacial score (nSPS) is 15.1. The highest BCUT2D eigenvalue weighted by atomic mass is 16.3. The fourth-order valence-corrected chi connectivity index (χ4v) is 12.9. The van der Waals surface area contributed by atoms with Gasteiger partial charge in [0, 0.05) is 49.3 Å². The van der Waals surface area contributed by atoms with Crippen LogP contribution in [0.15, 0.2) is 259 Å². The Morgan fingerprint density at radius 1 is 0.408 bits per heavy atom. The molecule has 16 rings (SSSR count). The summed E-state index contributed by atoms with van der Waals surface area (Å²) in [5, 5.41) is 6.82. The Hall–Kier alpha value is -9.91. The van der Waals surface area contributed by atoms with Crippen molar-refractivity contribution >= 4 is 65.6 Å². The zero-order valence-electron chi connectivity index (χ0n) is 41.2. The Labute approximate surface area is 437 Å². The van der Waals surface area contributed by atoms with E-state index >= 15 is 0 Å². The first-order chi connectivity index (χ1) is 37.7. The van der Waals surface area contributed by atoms with E-state index in [1.807, 2.05) is 24.3 Å². The van der Waals surface area contributed by atoms with E-state index in [4.69, 9.17) is 19.4 Å². The van der Waals surface area contributed by atoms with Gasteiger partial charge in [-0.3, -0.25) is 0 Å². The summed E-state index contributed by atoms with van der Waals surface area (Å²) >= 11 is 0. The second kappa shape index (κ2) is 16.6. The van der Waals surface area contributed by atoms with Crippen LogP contribution in [0.1, 0.15) is 29.5 Å². The van der Waals surface area contributed by atoms with Gasteiger partial charge in [-0.1, -0.05) is 194 Å². The molecule has 10 aromatic carbocycles. The number of nitrogens with zero attached hydrogens (tertiary/aromatic N) is 5. The molecule has 76 heavy (non-hydrogen) atoms. The summed E-state index contributed by atoms with van der Waals surface area (Å²) in [6.07, 6.45) is 8.80. The lowest BCUT2D eigenvalue weighted by Gasteiger charge is -2.36. The van der Waals surface area contributed by atoms with E-state index in [0.29, 0.717) is 17.5 Å². The smallest absolute Gasteiger partial charge is 0.164 e. The van der Waals surface area contributed by atoms with Crippen LogP contribution in [0.4, 0.5) is 0 Å². The van der Waals surface area contributed by atoms with Crippen molar-refractivity contribution in [1.82, 2.24) is 24.1 Å². The second-order valence-electron chi connectivity index (χ2n) is 20.1. The summed E-state index contributed by atoms with van der Waals surface area (Å²) in [4.78, 5) is 16.3. The number of benzene rings is 10. The maximum atomic E-state index is 6.90. The Balaban J connectivity index is 0.964. The van der Waals surface area contributed by atoms with Crippen molar-refractivity contribution in [2.45, 2.75) is 18.3 Å². The van der Waals surface area contributed by atoms with Crippen molar-refractivity contribution in [2.24, 2.45) is 0 Å².